The zero-order valence-corrected chi connectivity index (χ0v) is 16.3. The predicted molar refractivity (Wildman–Crippen MR) is 108 cm³/mol. The lowest BCUT2D eigenvalue weighted by atomic mass is 9.96. The molecule has 7 nitrogen and oxygen atoms in total. The fourth-order valence-corrected chi connectivity index (χ4v) is 4.56. The third-order valence-electron chi connectivity index (χ3n) is 6.11. The molecule has 0 saturated carbocycles. The van der Waals surface area contributed by atoms with Crippen LogP contribution in [0.15, 0.2) is 29.2 Å². The number of hydrogen-bond donors (Lipinski definition) is 0. The Kier molecular flexibility index (Phi) is 4.37. The van der Waals surface area contributed by atoms with E-state index < -0.39 is 0 Å². The average molecular weight is 378 g/mol. The number of nitrogens with zero attached hydrogens (tertiary/aromatic N) is 6. The molecule has 7 heteroatoms. The number of aromatic nitrogens is 5. The highest BCUT2D eigenvalue weighted by Gasteiger charge is 2.23. The van der Waals surface area contributed by atoms with Crippen molar-refractivity contribution in [1.29, 1.82) is 0 Å². The minimum absolute atomic E-state index is 0.0612. The maximum atomic E-state index is 12.5. The van der Waals surface area contributed by atoms with Crippen molar-refractivity contribution in [3.8, 4) is 0 Å². The summed E-state index contributed by atoms with van der Waals surface area (Å²) in [5.41, 5.74) is 4.26. The highest BCUT2D eigenvalue weighted by molar-refractivity contribution is 5.50. The minimum Gasteiger partial charge on any atom is -0.356 e. The van der Waals surface area contributed by atoms with Gasteiger partial charge in [0.05, 0.1) is 11.9 Å². The molecule has 0 N–H and O–H groups in total. The van der Waals surface area contributed by atoms with Crippen LogP contribution in [-0.4, -0.2) is 37.5 Å². The molecule has 0 unspecified atom stereocenters. The zero-order chi connectivity index (χ0) is 19.1. The summed E-state index contributed by atoms with van der Waals surface area (Å²) >= 11 is 0. The van der Waals surface area contributed by atoms with Gasteiger partial charge in [-0.25, -0.2) is 9.67 Å². The molecule has 1 fully saturated rings. The van der Waals surface area contributed by atoms with E-state index in [1.807, 2.05) is 23.6 Å². The van der Waals surface area contributed by atoms with Crippen LogP contribution in [0.2, 0.25) is 0 Å². The number of anilines is 1. The summed E-state index contributed by atoms with van der Waals surface area (Å²) in [6.07, 6.45) is 8.27. The van der Waals surface area contributed by atoms with Crippen molar-refractivity contribution in [2.45, 2.75) is 52.0 Å². The van der Waals surface area contributed by atoms with Gasteiger partial charge in [0.1, 0.15) is 5.82 Å². The van der Waals surface area contributed by atoms with Gasteiger partial charge in [-0.3, -0.25) is 4.79 Å². The summed E-state index contributed by atoms with van der Waals surface area (Å²) in [4.78, 5) is 19.4. The average Bonchev–Trinajstić information content (AvgIpc) is 3.17. The van der Waals surface area contributed by atoms with Crippen LogP contribution in [-0.2, 0) is 19.4 Å². The normalized spacial score (nSPS) is 17.8. The van der Waals surface area contributed by atoms with E-state index in [4.69, 9.17) is 5.10 Å². The Morgan fingerprint density at radius 2 is 1.96 bits per heavy atom. The number of hydrogen-bond acceptors (Lipinski definition) is 5. The van der Waals surface area contributed by atoms with E-state index in [9.17, 15) is 4.79 Å². The molecule has 0 radical (unpaired) electrons. The molecule has 1 saturated heterocycles. The molecule has 28 heavy (non-hydrogen) atoms. The highest BCUT2D eigenvalue weighted by atomic mass is 16.1. The summed E-state index contributed by atoms with van der Waals surface area (Å²) < 4.78 is 3.63. The number of piperidine rings is 1. The summed E-state index contributed by atoms with van der Waals surface area (Å²) in [5.74, 6) is 1.59. The van der Waals surface area contributed by atoms with Crippen LogP contribution in [0.25, 0.3) is 5.65 Å². The molecule has 146 valence electrons. The summed E-state index contributed by atoms with van der Waals surface area (Å²) in [6.45, 7) is 4.68. The first-order valence-electron chi connectivity index (χ1n) is 10.3. The summed E-state index contributed by atoms with van der Waals surface area (Å²) in [7, 11) is 0. The van der Waals surface area contributed by atoms with E-state index in [1.165, 1.54) is 18.4 Å². The van der Waals surface area contributed by atoms with E-state index in [2.05, 4.69) is 21.0 Å². The fourth-order valence-electron chi connectivity index (χ4n) is 4.56. The first-order chi connectivity index (χ1) is 13.7. The predicted octanol–water partition coefficient (Wildman–Crippen LogP) is 2.39. The first-order valence-corrected chi connectivity index (χ1v) is 10.3. The van der Waals surface area contributed by atoms with Gasteiger partial charge in [0, 0.05) is 43.5 Å². The maximum absolute atomic E-state index is 12.5. The van der Waals surface area contributed by atoms with E-state index in [0.29, 0.717) is 5.92 Å². The Hall–Kier alpha value is -2.70. The van der Waals surface area contributed by atoms with Gasteiger partial charge in [0.25, 0.3) is 5.56 Å². The van der Waals surface area contributed by atoms with Crippen LogP contribution >= 0.6 is 0 Å². The van der Waals surface area contributed by atoms with Crippen LogP contribution in [0.3, 0.4) is 0 Å². The Morgan fingerprint density at radius 1 is 1.14 bits per heavy atom. The number of fused-ring (bicyclic) bond motifs is 2. The molecule has 0 amide bonds. The van der Waals surface area contributed by atoms with Crippen LogP contribution in [0.4, 0.5) is 5.82 Å². The topological polar surface area (TPSA) is 68.3 Å². The molecule has 0 atom stereocenters. The maximum Gasteiger partial charge on any atom is 0.267 e. The molecule has 1 aliphatic carbocycles. The Morgan fingerprint density at radius 3 is 2.82 bits per heavy atom. The van der Waals surface area contributed by atoms with Crippen molar-refractivity contribution in [2.75, 3.05) is 18.0 Å². The quantitative estimate of drug-likeness (QED) is 0.700. The standard InChI is InChI=1S/C21H26N6O/c1-15-12-20(27-19(23-15)6-9-22-27)25-10-7-16(8-11-25)14-26-21(28)13-17-4-2-3-5-18(17)24-26/h6,9,12-13,16H,2-5,7-8,10-11,14H2,1H3. The lowest BCUT2D eigenvalue weighted by Crippen LogP contribution is -2.38. The van der Waals surface area contributed by atoms with Crippen molar-refractivity contribution < 1.29 is 0 Å². The fraction of sp³-hybridized carbons (Fsp3) is 0.524. The molecule has 1 aliphatic heterocycles. The van der Waals surface area contributed by atoms with Gasteiger partial charge < -0.3 is 4.90 Å². The second kappa shape index (κ2) is 7.04. The molecular formula is C21H26N6O. The highest BCUT2D eigenvalue weighted by Crippen LogP contribution is 2.25. The van der Waals surface area contributed by atoms with Crippen LogP contribution < -0.4 is 10.5 Å². The summed E-state index contributed by atoms with van der Waals surface area (Å²) in [6, 6.07) is 5.87. The Balaban J connectivity index is 1.30. The van der Waals surface area contributed by atoms with E-state index in [0.717, 1.165) is 68.2 Å². The SMILES string of the molecule is Cc1cc(N2CCC(Cn3nc4c(cc3=O)CCCC4)CC2)n2nccc2n1. The third kappa shape index (κ3) is 3.19. The minimum atomic E-state index is 0.0612. The van der Waals surface area contributed by atoms with Gasteiger partial charge in [-0.05, 0) is 56.9 Å². The second-order valence-electron chi connectivity index (χ2n) is 8.13. The molecule has 0 spiro atoms. The smallest absolute Gasteiger partial charge is 0.267 e. The Bertz CT molecular complexity index is 1060. The van der Waals surface area contributed by atoms with Crippen LogP contribution in [0.5, 0.6) is 0 Å². The Labute approximate surface area is 164 Å². The van der Waals surface area contributed by atoms with Gasteiger partial charge in [0.2, 0.25) is 0 Å². The van der Waals surface area contributed by atoms with Gasteiger partial charge in [-0.2, -0.15) is 14.7 Å². The van der Waals surface area contributed by atoms with E-state index in [-0.39, 0.29) is 5.56 Å². The van der Waals surface area contributed by atoms with Crippen molar-refractivity contribution >= 4 is 11.5 Å². The molecular weight excluding hydrogens is 352 g/mol. The van der Waals surface area contributed by atoms with Gasteiger partial charge in [-0.1, -0.05) is 0 Å². The van der Waals surface area contributed by atoms with Crippen molar-refractivity contribution in [1.82, 2.24) is 24.4 Å². The number of aryl methyl sites for hydroxylation is 3. The molecule has 5 rings (SSSR count). The number of rotatable bonds is 3. The summed E-state index contributed by atoms with van der Waals surface area (Å²) in [5, 5.41) is 9.13. The molecule has 0 bridgehead atoms. The lowest BCUT2D eigenvalue weighted by Gasteiger charge is -2.33. The van der Waals surface area contributed by atoms with Crippen LogP contribution in [0, 0.1) is 12.8 Å². The van der Waals surface area contributed by atoms with Crippen LogP contribution in [0.1, 0.15) is 42.6 Å². The first kappa shape index (κ1) is 17.4. The van der Waals surface area contributed by atoms with Crippen molar-refractivity contribution in [3.63, 3.8) is 0 Å². The van der Waals surface area contributed by atoms with Crippen molar-refractivity contribution in [2.24, 2.45) is 5.92 Å². The molecule has 4 heterocycles. The van der Waals surface area contributed by atoms with E-state index in [1.54, 1.807) is 10.9 Å². The lowest BCUT2D eigenvalue weighted by molar-refractivity contribution is 0.331. The largest absolute Gasteiger partial charge is 0.356 e. The van der Waals surface area contributed by atoms with Gasteiger partial charge in [-0.15, -0.1) is 0 Å². The van der Waals surface area contributed by atoms with Gasteiger partial charge in [0.15, 0.2) is 5.65 Å². The third-order valence-corrected chi connectivity index (χ3v) is 6.11. The van der Waals surface area contributed by atoms with Gasteiger partial charge >= 0.3 is 0 Å². The van der Waals surface area contributed by atoms with E-state index >= 15 is 0 Å². The van der Waals surface area contributed by atoms with Crippen molar-refractivity contribution in [3.05, 3.63) is 51.7 Å². The molecule has 3 aromatic rings. The molecule has 3 aromatic heterocycles. The molecule has 0 aromatic carbocycles. The molecule has 2 aliphatic rings. The second-order valence-corrected chi connectivity index (χ2v) is 8.13. The zero-order valence-electron chi connectivity index (χ0n) is 16.3. The monoisotopic (exact) mass is 378 g/mol.